The number of carbonyl (C=O) groups excluding carboxylic acids is 2. The number of halogens is 1. The lowest BCUT2D eigenvalue weighted by Crippen LogP contribution is -2.28. The van der Waals surface area contributed by atoms with E-state index in [2.05, 4.69) is 10.6 Å². The number of alkyl halides is 1. The lowest BCUT2D eigenvalue weighted by atomic mass is 10.2. The number of hydrogen-bond donors (Lipinski definition) is 2. The van der Waals surface area contributed by atoms with Crippen molar-refractivity contribution in [1.82, 2.24) is 5.32 Å². The van der Waals surface area contributed by atoms with Crippen LogP contribution in [0, 0.1) is 11.3 Å². The highest BCUT2D eigenvalue weighted by atomic mass is 35.5. The van der Waals surface area contributed by atoms with Gasteiger partial charge in [-0.1, -0.05) is 12.1 Å². The summed E-state index contributed by atoms with van der Waals surface area (Å²) in [6.07, 6.45) is 0.127. The Morgan fingerprint density at radius 1 is 1.28 bits per heavy atom. The van der Waals surface area contributed by atoms with Crippen LogP contribution in [0.3, 0.4) is 0 Å². The largest absolute Gasteiger partial charge is 0.355 e. The Kier molecular flexibility index (Phi) is 5.68. The number of hydrogen-bond acceptors (Lipinski definition) is 3. The highest BCUT2D eigenvalue weighted by molar-refractivity contribution is 6.27. The molecule has 0 heterocycles. The molecule has 0 fully saturated rings. The first-order chi connectivity index (χ1) is 8.67. The van der Waals surface area contributed by atoms with E-state index in [1.807, 2.05) is 6.07 Å². The second-order valence-corrected chi connectivity index (χ2v) is 3.71. The quantitative estimate of drug-likeness (QED) is 0.786. The summed E-state index contributed by atoms with van der Waals surface area (Å²) in [6, 6.07) is 8.69. The summed E-state index contributed by atoms with van der Waals surface area (Å²) in [5, 5.41) is 13.9. The number of anilines is 1. The van der Waals surface area contributed by atoms with Gasteiger partial charge in [-0.15, -0.1) is 11.6 Å². The first-order valence-corrected chi connectivity index (χ1v) is 5.82. The Hall–Kier alpha value is -2.06. The number of nitrogens with one attached hydrogen (secondary N) is 2. The van der Waals surface area contributed by atoms with Gasteiger partial charge in [0.05, 0.1) is 11.3 Å². The molecule has 0 unspecified atom stereocenters. The maximum absolute atomic E-state index is 11.5. The number of nitrogens with zero attached hydrogens (tertiary/aromatic N) is 1. The molecule has 1 aromatic carbocycles. The number of carbonyl (C=O) groups is 2. The molecule has 2 N–H and O–H groups in total. The number of amides is 2. The van der Waals surface area contributed by atoms with Crippen LogP contribution >= 0.6 is 11.6 Å². The summed E-state index contributed by atoms with van der Waals surface area (Å²) >= 11 is 5.29. The molecule has 5 nitrogen and oxygen atoms in total. The number of benzene rings is 1. The Balaban J connectivity index is 2.45. The fraction of sp³-hybridized carbons (Fsp3) is 0.250. The predicted molar refractivity (Wildman–Crippen MR) is 68.1 cm³/mol. The van der Waals surface area contributed by atoms with Crippen molar-refractivity contribution in [3.05, 3.63) is 29.8 Å². The summed E-state index contributed by atoms with van der Waals surface area (Å²) < 4.78 is 0. The standard InChI is InChI=1S/C12H12ClN3O2/c13-7-12(18)15-6-5-11(17)16-10-4-2-1-3-9(10)8-14/h1-4H,5-7H2,(H,15,18)(H,16,17). The average Bonchev–Trinajstić information content (AvgIpc) is 2.39. The highest BCUT2D eigenvalue weighted by Gasteiger charge is 2.06. The molecule has 2 amide bonds. The van der Waals surface area contributed by atoms with E-state index in [-0.39, 0.29) is 30.7 Å². The molecule has 0 spiro atoms. The summed E-state index contributed by atoms with van der Waals surface area (Å²) in [5.74, 6) is -0.715. The summed E-state index contributed by atoms with van der Waals surface area (Å²) in [5.41, 5.74) is 0.865. The molecule has 0 aliphatic heterocycles. The summed E-state index contributed by atoms with van der Waals surface area (Å²) in [7, 11) is 0. The Morgan fingerprint density at radius 3 is 2.67 bits per heavy atom. The number of nitriles is 1. The van der Waals surface area contributed by atoms with Gasteiger partial charge in [0.25, 0.3) is 0 Å². The third-order valence-electron chi connectivity index (χ3n) is 2.12. The minimum absolute atomic E-state index is 0.126. The summed E-state index contributed by atoms with van der Waals surface area (Å²) in [4.78, 5) is 22.4. The fourth-order valence-corrected chi connectivity index (χ4v) is 1.36. The van der Waals surface area contributed by atoms with E-state index in [0.29, 0.717) is 11.3 Å². The first-order valence-electron chi connectivity index (χ1n) is 5.29. The van der Waals surface area contributed by atoms with E-state index in [1.54, 1.807) is 24.3 Å². The van der Waals surface area contributed by atoms with Crippen LogP contribution < -0.4 is 10.6 Å². The van der Waals surface area contributed by atoms with Crippen LogP contribution in [0.2, 0.25) is 0 Å². The third-order valence-corrected chi connectivity index (χ3v) is 2.36. The predicted octanol–water partition coefficient (Wildman–Crippen LogP) is 1.24. The van der Waals surface area contributed by atoms with Crippen molar-refractivity contribution in [3.8, 4) is 6.07 Å². The second kappa shape index (κ2) is 7.30. The molecule has 1 rings (SSSR count). The molecule has 0 bridgehead atoms. The molecule has 94 valence electrons. The highest BCUT2D eigenvalue weighted by Crippen LogP contribution is 2.13. The van der Waals surface area contributed by atoms with E-state index in [9.17, 15) is 9.59 Å². The minimum atomic E-state index is -0.318. The van der Waals surface area contributed by atoms with Gasteiger partial charge in [-0.3, -0.25) is 9.59 Å². The van der Waals surface area contributed by atoms with E-state index in [1.165, 1.54) is 0 Å². The normalized spacial score (nSPS) is 9.33. The van der Waals surface area contributed by atoms with Gasteiger partial charge in [-0.2, -0.15) is 5.26 Å². The van der Waals surface area contributed by atoms with Gasteiger partial charge in [0.1, 0.15) is 11.9 Å². The van der Waals surface area contributed by atoms with Crippen molar-refractivity contribution in [2.45, 2.75) is 6.42 Å². The van der Waals surface area contributed by atoms with Gasteiger partial charge in [-0.05, 0) is 12.1 Å². The van der Waals surface area contributed by atoms with Gasteiger partial charge in [-0.25, -0.2) is 0 Å². The maximum atomic E-state index is 11.5. The first kappa shape index (κ1) is 14.0. The van der Waals surface area contributed by atoms with Crippen molar-refractivity contribution in [2.75, 3.05) is 17.7 Å². The Labute approximate surface area is 110 Å². The molecule has 0 radical (unpaired) electrons. The van der Waals surface area contributed by atoms with Crippen LogP contribution in [0.25, 0.3) is 0 Å². The molecular formula is C12H12ClN3O2. The van der Waals surface area contributed by atoms with Gasteiger partial charge >= 0.3 is 0 Å². The minimum Gasteiger partial charge on any atom is -0.355 e. The number of rotatable bonds is 5. The molecular weight excluding hydrogens is 254 g/mol. The van der Waals surface area contributed by atoms with Gasteiger partial charge in [0.15, 0.2) is 0 Å². The van der Waals surface area contributed by atoms with Crippen LogP contribution in [-0.4, -0.2) is 24.2 Å². The Bertz CT molecular complexity index is 482. The van der Waals surface area contributed by atoms with Crippen molar-refractivity contribution < 1.29 is 9.59 Å². The molecule has 0 atom stereocenters. The van der Waals surface area contributed by atoms with Crippen molar-refractivity contribution >= 4 is 29.1 Å². The van der Waals surface area contributed by atoms with Crippen LogP contribution in [0.15, 0.2) is 24.3 Å². The van der Waals surface area contributed by atoms with Gasteiger partial charge in [0, 0.05) is 13.0 Å². The smallest absolute Gasteiger partial charge is 0.234 e. The van der Waals surface area contributed by atoms with Gasteiger partial charge < -0.3 is 10.6 Å². The molecule has 0 saturated heterocycles. The maximum Gasteiger partial charge on any atom is 0.234 e. The second-order valence-electron chi connectivity index (χ2n) is 3.44. The third kappa shape index (κ3) is 4.44. The van der Waals surface area contributed by atoms with E-state index >= 15 is 0 Å². The monoisotopic (exact) mass is 265 g/mol. The average molecular weight is 266 g/mol. The van der Waals surface area contributed by atoms with E-state index in [4.69, 9.17) is 16.9 Å². The van der Waals surface area contributed by atoms with Crippen LogP contribution in [0.4, 0.5) is 5.69 Å². The lowest BCUT2D eigenvalue weighted by Gasteiger charge is -2.07. The molecule has 0 aliphatic carbocycles. The fourth-order valence-electron chi connectivity index (χ4n) is 1.27. The zero-order chi connectivity index (χ0) is 13.4. The summed E-state index contributed by atoms with van der Waals surface area (Å²) in [6.45, 7) is 0.214. The van der Waals surface area contributed by atoms with Crippen molar-refractivity contribution in [1.29, 1.82) is 5.26 Å². The molecule has 6 heteroatoms. The molecule has 0 aromatic heterocycles. The molecule has 0 saturated carbocycles. The zero-order valence-corrected chi connectivity index (χ0v) is 10.3. The number of para-hydroxylation sites is 1. The van der Waals surface area contributed by atoms with Crippen molar-refractivity contribution in [2.24, 2.45) is 0 Å². The lowest BCUT2D eigenvalue weighted by molar-refractivity contribution is -0.119. The van der Waals surface area contributed by atoms with Crippen LogP contribution in [0.5, 0.6) is 0 Å². The topological polar surface area (TPSA) is 82.0 Å². The SMILES string of the molecule is N#Cc1ccccc1NC(=O)CCNC(=O)CCl. The Morgan fingerprint density at radius 2 is 2.00 bits per heavy atom. The molecule has 0 aliphatic rings. The van der Waals surface area contributed by atoms with Crippen LogP contribution in [-0.2, 0) is 9.59 Å². The van der Waals surface area contributed by atoms with Gasteiger partial charge in [0.2, 0.25) is 11.8 Å². The van der Waals surface area contributed by atoms with Crippen molar-refractivity contribution in [3.63, 3.8) is 0 Å². The van der Waals surface area contributed by atoms with E-state index in [0.717, 1.165) is 0 Å². The molecule has 1 aromatic rings. The van der Waals surface area contributed by atoms with E-state index < -0.39 is 0 Å². The zero-order valence-electron chi connectivity index (χ0n) is 9.57. The van der Waals surface area contributed by atoms with Crippen LogP contribution in [0.1, 0.15) is 12.0 Å². The molecule has 18 heavy (non-hydrogen) atoms.